The van der Waals surface area contributed by atoms with E-state index in [2.05, 4.69) is 0 Å². The predicted molar refractivity (Wildman–Crippen MR) is 102 cm³/mol. The topological polar surface area (TPSA) is 78.0 Å². The quantitative estimate of drug-likeness (QED) is 0.565. The number of hydrogen-bond acceptors (Lipinski definition) is 5. The Balaban J connectivity index is 1.99. The van der Waals surface area contributed by atoms with Crippen molar-refractivity contribution in [3.05, 3.63) is 50.6 Å². The van der Waals surface area contributed by atoms with Gasteiger partial charge in [0.05, 0.1) is 16.8 Å². The first-order chi connectivity index (χ1) is 12.0. The van der Waals surface area contributed by atoms with Crippen molar-refractivity contribution in [1.29, 1.82) is 0 Å². The number of carbonyl (C=O) groups excluding carboxylic acids is 1. The largest absolute Gasteiger partial charge is 0.369 e. The van der Waals surface area contributed by atoms with Gasteiger partial charge in [-0.05, 0) is 49.4 Å². The van der Waals surface area contributed by atoms with Gasteiger partial charge in [-0.1, -0.05) is 23.9 Å². The van der Waals surface area contributed by atoms with E-state index in [0.717, 1.165) is 46.3 Å². The maximum atomic E-state index is 13.3. The molecule has 1 aliphatic carbocycles. The van der Waals surface area contributed by atoms with Crippen LogP contribution >= 0.6 is 23.1 Å². The Kier molecular flexibility index (Phi) is 4.13. The number of hydrogen-bond donors (Lipinski definition) is 1. The molecule has 0 bridgehead atoms. The van der Waals surface area contributed by atoms with Crippen LogP contribution in [0.4, 0.5) is 0 Å². The molecule has 0 fully saturated rings. The molecule has 0 saturated heterocycles. The lowest BCUT2D eigenvalue weighted by Gasteiger charge is -2.12. The van der Waals surface area contributed by atoms with E-state index in [0.29, 0.717) is 5.16 Å². The van der Waals surface area contributed by atoms with E-state index in [1.54, 1.807) is 15.9 Å². The van der Waals surface area contributed by atoms with E-state index >= 15 is 0 Å². The normalized spacial score (nSPS) is 13.3. The maximum absolute atomic E-state index is 13.3. The number of aryl methyl sites for hydroxylation is 3. The first kappa shape index (κ1) is 16.4. The fraction of sp³-hybridized carbons (Fsp3) is 0.278. The van der Waals surface area contributed by atoms with Crippen LogP contribution in [0.2, 0.25) is 0 Å². The van der Waals surface area contributed by atoms with E-state index < -0.39 is 5.91 Å². The molecular weight excluding hydrogens is 354 g/mol. The third kappa shape index (κ3) is 2.87. The molecule has 0 unspecified atom stereocenters. The number of nitrogens with two attached hydrogens (primary N) is 1. The molecule has 0 spiro atoms. The zero-order valence-corrected chi connectivity index (χ0v) is 15.4. The van der Waals surface area contributed by atoms with Crippen molar-refractivity contribution in [1.82, 2.24) is 9.55 Å². The molecule has 2 heterocycles. The molecule has 3 aromatic rings. The molecule has 5 nitrogen and oxygen atoms in total. The summed E-state index contributed by atoms with van der Waals surface area (Å²) in [6.07, 6.45) is 3.05. The van der Waals surface area contributed by atoms with E-state index in [9.17, 15) is 9.59 Å². The van der Waals surface area contributed by atoms with Gasteiger partial charge in [-0.25, -0.2) is 4.98 Å². The highest BCUT2D eigenvalue weighted by molar-refractivity contribution is 7.99. The Labute approximate surface area is 152 Å². The van der Waals surface area contributed by atoms with E-state index in [-0.39, 0.29) is 11.3 Å². The van der Waals surface area contributed by atoms with E-state index in [1.165, 1.54) is 16.6 Å². The summed E-state index contributed by atoms with van der Waals surface area (Å²) in [4.78, 5) is 31.3. The second-order valence-electron chi connectivity index (χ2n) is 6.17. The fourth-order valence-electron chi connectivity index (χ4n) is 3.25. The molecule has 1 aliphatic rings. The summed E-state index contributed by atoms with van der Waals surface area (Å²) in [6, 6.07) is 7.75. The highest BCUT2D eigenvalue weighted by atomic mass is 32.2. The maximum Gasteiger partial charge on any atom is 0.267 e. The van der Waals surface area contributed by atoms with Crippen LogP contribution in [0.5, 0.6) is 0 Å². The highest BCUT2D eigenvalue weighted by Crippen LogP contribution is 2.36. The average molecular weight is 371 g/mol. The van der Waals surface area contributed by atoms with E-state index in [4.69, 9.17) is 10.7 Å². The van der Waals surface area contributed by atoms with Gasteiger partial charge in [0.2, 0.25) is 5.91 Å². The Hall–Kier alpha value is -2.12. The van der Waals surface area contributed by atoms with Crippen molar-refractivity contribution >= 4 is 39.2 Å². The summed E-state index contributed by atoms with van der Waals surface area (Å²) >= 11 is 2.81. The second kappa shape index (κ2) is 6.31. The summed E-state index contributed by atoms with van der Waals surface area (Å²) < 4.78 is 1.62. The average Bonchev–Trinajstić information content (AvgIpc) is 3.13. The number of amides is 1. The molecular formula is C18H17N3O2S2. The number of fused-ring (bicyclic) bond motifs is 3. The Morgan fingerprint density at radius 2 is 2.24 bits per heavy atom. The molecule has 7 heteroatoms. The smallest absolute Gasteiger partial charge is 0.267 e. The summed E-state index contributed by atoms with van der Waals surface area (Å²) in [5.41, 5.74) is 8.22. The van der Waals surface area contributed by atoms with Crippen molar-refractivity contribution in [2.45, 2.75) is 31.3 Å². The third-order valence-corrected chi connectivity index (χ3v) is 6.46. The lowest BCUT2D eigenvalue weighted by atomic mass is 10.2. The van der Waals surface area contributed by atoms with Crippen LogP contribution in [-0.4, -0.2) is 21.2 Å². The lowest BCUT2D eigenvalue weighted by molar-refractivity contribution is -0.115. The minimum atomic E-state index is -0.427. The molecule has 1 amide bonds. The number of rotatable bonds is 4. The van der Waals surface area contributed by atoms with Crippen LogP contribution in [0.15, 0.2) is 34.2 Å². The first-order valence-electron chi connectivity index (χ1n) is 8.10. The van der Waals surface area contributed by atoms with Crippen molar-refractivity contribution in [3.63, 3.8) is 0 Å². The van der Waals surface area contributed by atoms with Crippen LogP contribution in [0.3, 0.4) is 0 Å². The predicted octanol–water partition coefficient (Wildman–Crippen LogP) is 2.82. The second-order valence-corrected chi connectivity index (χ2v) is 8.19. The summed E-state index contributed by atoms with van der Waals surface area (Å²) in [5.74, 6) is -0.335. The number of aromatic nitrogens is 2. The SMILES string of the molecule is Cc1cccc(-n2c(SCC(N)=O)nc3sc4c(c3c2=O)CCC4)c1. The van der Waals surface area contributed by atoms with Gasteiger partial charge in [0.1, 0.15) is 4.83 Å². The standard InChI is InChI=1S/C18H17N3O2S2/c1-10-4-2-5-11(8-10)21-17(23)15-12-6-3-7-13(12)25-16(15)20-18(21)24-9-14(19)22/h2,4-5,8H,3,6-7,9H2,1H3,(H2,19,22). The van der Waals surface area contributed by atoms with Gasteiger partial charge in [-0.2, -0.15) is 0 Å². The summed E-state index contributed by atoms with van der Waals surface area (Å²) in [5, 5.41) is 1.25. The Bertz CT molecular complexity index is 1050. The van der Waals surface area contributed by atoms with Gasteiger partial charge in [-0.3, -0.25) is 14.2 Å². The number of nitrogens with zero attached hydrogens (tertiary/aromatic N) is 2. The number of carbonyl (C=O) groups is 1. The fourth-order valence-corrected chi connectivity index (χ4v) is 5.31. The Morgan fingerprint density at radius 3 is 3.00 bits per heavy atom. The van der Waals surface area contributed by atoms with Crippen LogP contribution in [0, 0.1) is 6.92 Å². The minimum Gasteiger partial charge on any atom is -0.369 e. The van der Waals surface area contributed by atoms with Crippen molar-refractivity contribution < 1.29 is 4.79 Å². The molecule has 25 heavy (non-hydrogen) atoms. The molecule has 2 N–H and O–H groups in total. The molecule has 4 rings (SSSR count). The number of thiophene rings is 1. The van der Waals surface area contributed by atoms with Gasteiger partial charge in [0.25, 0.3) is 5.56 Å². The summed E-state index contributed by atoms with van der Waals surface area (Å²) in [6.45, 7) is 1.99. The molecule has 0 atom stereocenters. The van der Waals surface area contributed by atoms with Crippen LogP contribution in [0.1, 0.15) is 22.4 Å². The monoisotopic (exact) mass is 371 g/mol. The molecule has 0 aliphatic heterocycles. The number of primary amides is 1. The first-order valence-corrected chi connectivity index (χ1v) is 9.90. The molecule has 1 aromatic carbocycles. The third-order valence-electron chi connectivity index (χ3n) is 4.31. The molecule has 0 radical (unpaired) electrons. The van der Waals surface area contributed by atoms with Crippen LogP contribution in [0.25, 0.3) is 15.9 Å². The molecule has 128 valence electrons. The minimum absolute atomic E-state index is 0.0537. The zero-order chi connectivity index (χ0) is 17.6. The number of thioether (sulfide) groups is 1. The lowest BCUT2D eigenvalue weighted by Crippen LogP contribution is -2.23. The zero-order valence-electron chi connectivity index (χ0n) is 13.7. The molecule has 2 aromatic heterocycles. The van der Waals surface area contributed by atoms with Crippen molar-refractivity contribution in [2.75, 3.05) is 5.75 Å². The van der Waals surface area contributed by atoms with Gasteiger partial charge in [0.15, 0.2) is 5.16 Å². The summed E-state index contributed by atoms with van der Waals surface area (Å²) in [7, 11) is 0. The van der Waals surface area contributed by atoms with E-state index in [1.807, 2.05) is 31.2 Å². The van der Waals surface area contributed by atoms with Crippen LogP contribution < -0.4 is 11.3 Å². The van der Waals surface area contributed by atoms with Crippen LogP contribution in [-0.2, 0) is 17.6 Å². The molecule has 0 saturated carbocycles. The van der Waals surface area contributed by atoms with Gasteiger partial charge >= 0.3 is 0 Å². The number of benzene rings is 1. The Morgan fingerprint density at radius 1 is 1.40 bits per heavy atom. The van der Waals surface area contributed by atoms with Crippen molar-refractivity contribution in [3.8, 4) is 5.69 Å². The van der Waals surface area contributed by atoms with Crippen molar-refractivity contribution in [2.24, 2.45) is 5.73 Å². The van der Waals surface area contributed by atoms with Gasteiger partial charge in [-0.15, -0.1) is 11.3 Å². The highest BCUT2D eigenvalue weighted by Gasteiger charge is 2.24. The van der Waals surface area contributed by atoms with Gasteiger partial charge < -0.3 is 5.73 Å². The van der Waals surface area contributed by atoms with Gasteiger partial charge in [0, 0.05) is 4.88 Å².